The first-order valence-electron chi connectivity index (χ1n) is 9.51. The predicted octanol–water partition coefficient (Wildman–Crippen LogP) is 4.20. The summed E-state index contributed by atoms with van der Waals surface area (Å²) in [7, 11) is 0. The molecule has 2 aliphatic heterocycles. The van der Waals surface area contributed by atoms with Crippen molar-refractivity contribution in [3.05, 3.63) is 24.0 Å². The quantitative estimate of drug-likeness (QED) is 0.806. The van der Waals surface area contributed by atoms with Crippen molar-refractivity contribution in [2.24, 2.45) is 0 Å². The van der Waals surface area contributed by atoms with Gasteiger partial charge in [-0.3, -0.25) is 0 Å². The predicted molar refractivity (Wildman–Crippen MR) is 99.3 cm³/mol. The van der Waals surface area contributed by atoms with Crippen molar-refractivity contribution in [3.63, 3.8) is 0 Å². The Morgan fingerprint density at radius 2 is 1.77 bits per heavy atom. The van der Waals surface area contributed by atoms with E-state index in [0.29, 0.717) is 24.5 Å². The number of likely N-dealkylation sites (tertiary alicyclic amines) is 1. The van der Waals surface area contributed by atoms with Gasteiger partial charge in [-0.05, 0) is 45.7 Å². The number of hydrogen-bond acceptors (Lipinski definition) is 4. The highest BCUT2D eigenvalue weighted by Gasteiger charge is 2.29. The average molecular weight is 364 g/mol. The summed E-state index contributed by atoms with van der Waals surface area (Å²) < 4.78 is 26.0. The maximum absolute atomic E-state index is 14.4. The van der Waals surface area contributed by atoms with E-state index in [1.54, 1.807) is 11.0 Å². The first kappa shape index (κ1) is 18.8. The van der Waals surface area contributed by atoms with Crippen LogP contribution in [0.2, 0.25) is 0 Å². The Morgan fingerprint density at radius 1 is 1.12 bits per heavy atom. The van der Waals surface area contributed by atoms with Crippen LogP contribution < -0.4 is 9.64 Å². The Labute approximate surface area is 155 Å². The molecular formula is C20H29FN2O3. The topological polar surface area (TPSA) is 42.0 Å². The van der Waals surface area contributed by atoms with Gasteiger partial charge in [0.05, 0.1) is 0 Å². The number of nitrogens with zero attached hydrogens (tertiary/aromatic N) is 2. The second kappa shape index (κ2) is 7.72. The minimum atomic E-state index is -0.489. The van der Waals surface area contributed by atoms with E-state index in [-0.39, 0.29) is 18.0 Å². The zero-order chi connectivity index (χ0) is 18.7. The molecular weight excluding hydrogens is 335 g/mol. The Bertz CT molecular complexity index is 630. The number of amides is 1. The number of piperidine rings is 1. The van der Waals surface area contributed by atoms with Crippen molar-refractivity contribution in [2.45, 2.75) is 58.2 Å². The van der Waals surface area contributed by atoms with Crippen molar-refractivity contribution in [1.82, 2.24) is 4.90 Å². The van der Waals surface area contributed by atoms with Crippen LogP contribution in [0, 0.1) is 5.82 Å². The number of para-hydroxylation sites is 1. The lowest BCUT2D eigenvalue weighted by atomic mass is 10.1. The summed E-state index contributed by atoms with van der Waals surface area (Å²) in [4.78, 5) is 15.9. The van der Waals surface area contributed by atoms with Crippen LogP contribution in [-0.4, -0.2) is 48.9 Å². The van der Waals surface area contributed by atoms with E-state index in [4.69, 9.17) is 9.47 Å². The van der Waals surface area contributed by atoms with Crippen LogP contribution in [0.4, 0.5) is 14.9 Å². The molecule has 144 valence electrons. The summed E-state index contributed by atoms with van der Waals surface area (Å²) in [6.45, 7) is 8.52. The largest absolute Gasteiger partial charge is 0.488 e. The molecule has 0 aliphatic carbocycles. The van der Waals surface area contributed by atoms with Crippen LogP contribution in [0.3, 0.4) is 0 Å². The van der Waals surface area contributed by atoms with Crippen molar-refractivity contribution in [3.8, 4) is 5.75 Å². The number of rotatable bonds is 3. The first-order chi connectivity index (χ1) is 12.3. The molecule has 0 unspecified atom stereocenters. The summed E-state index contributed by atoms with van der Waals surface area (Å²) in [6.07, 6.45) is 3.31. The van der Waals surface area contributed by atoms with Gasteiger partial charge < -0.3 is 19.3 Å². The molecule has 1 aromatic rings. The zero-order valence-electron chi connectivity index (χ0n) is 16.0. The lowest BCUT2D eigenvalue weighted by Gasteiger charge is -2.34. The van der Waals surface area contributed by atoms with E-state index >= 15 is 0 Å². The molecule has 0 bridgehead atoms. The van der Waals surface area contributed by atoms with Gasteiger partial charge in [-0.2, -0.15) is 0 Å². The normalized spacial score (nSPS) is 18.9. The van der Waals surface area contributed by atoms with Gasteiger partial charge in [0.1, 0.15) is 29.0 Å². The van der Waals surface area contributed by atoms with E-state index in [0.717, 1.165) is 38.8 Å². The number of anilines is 1. The molecule has 2 saturated heterocycles. The SMILES string of the molecule is CC(C)(C)OC(=O)N1CCC(Oc2cccc(F)c2N2CCCC2)CC1. The third-order valence-corrected chi connectivity index (χ3v) is 4.76. The monoisotopic (exact) mass is 364 g/mol. The van der Waals surface area contributed by atoms with Gasteiger partial charge in [0.25, 0.3) is 0 Å². The highest BCUT2D eigenvalue weighted by atomic mass is 19.1. The maximum atomic E-state index is 14.4. The number of benzene rings is 1. The van der Waals surface area contributed by atoms with E-state index in [1.165, 1.54) is 6.07 Å². The molecule has 0 aromatic heterocycles. The number of carbonyl (C=O) groups excluding carboxylic acids is 1. The van der Waals surface area contributed by atoms with Crippen LogP contribution >= 0.6 is 0 Å². The van der Waals surface area contributed by atoms with Gasteiger partial charge in [-0.1, -0.05) is 6.07 Å². The fourth-order valence-corrected chi connectivity index (χ4v) is 3.50. The van der Waals surface area contributed by atoms with E-state index in [9.17, 15) is 9.18 Å². The third kappa shape index (κ3) is 4.59. The van der Waals surface area contributed by atoms with Crippen molar-refractivity contribution in [1.29, 1.82) is 0 Å². The average Bonchev–Trinajstić information content (AvgIpc) is 3.08. The Hall–Kier alpha value is -1.98. The Balaban J connectivity index is 1.60. The van der Waals surface area contributed by atoms with Gasteiger partial charge in [-0.15, -0.1) is 0 Å². The van der Waals surface area contributed by atoms with Crippen LogP contribution in [0.25, 0.3) is 0 Å². The molecule has 26 heavy (non-hydrogen) atoms. The van der Waals surface area contributed by atoms with Crippen molar-refractivity contribution in [2.75, 3.05) is 31.1 Å². The molecule has 2 heterocycles. The summed E-state index contributed by atoms with van der Waals surface area (Å²) in [5.74, 6) is 0.387. The molecule has 6 heteroatoms. The standard InChI is InChI=1S/C20H29FN2O3/c1-20(2,3)26-19(24)23-13-9-15(10-14-23)25-17-8-6-7-16(21)18(17)22-11-4-5-12-22/h6-8,15H,4-5,9-14H2,1-3H3. The molecule has 0 spiro atoms. The molecule has 0 radical (unpaired) electrons. The molecule has 1 amide bonds. The molecule has 0 N–H and O–H groups in total. The van der Waals surface area contributed by atoms with Gasteiger partial charge in [0.15, 0.2) is 0 Å². The molecule has 3 rings (SSSR count). The lowest BCUT2D eigenvalue weighted by molar-refractivity contribution is 0.0127. The second-order valence-electron chi connectivity index (χ2n) is 8.07. The van der Waals surface area contributed by atoms with E-state index < -0.39 is 5.60 Å². The van der Waals surface area contributed by atoms with Gasteiger partial charge in [0, 0.05) is 39.0 Å². The number of halogens is 1. The fourth-order valence-electron chi connectivity index (χ4n) is 3.50. The number of hydrogen-bond donors (Lipinski definition) is 0. The van der Waals surface area contributed by atoms with Crippen LogP contribution in [0.5, 0.6) is 5.75 Å². The van der Waals surface area contributed by atoms with Gasteiger partial charge in [-0.25, -0.2) is 9.18 Å². The highest BCUT2D eigenvalue weighted by molar-refractivity contribution is 5.68. The van der Waals surface area contributed by atoms with Gasteiger partial charge in [0.2, 0.25) is 0 Å². The summed E-state index contributed by atoms with van der Waals surface area (Å²) in [5.41, 5.74) is 0.0935. The van der Waals surface area contributed by atoms with E-state index in [2.05, 4.69) is 4.90 Å². The summed E-state index contributed by atoms with van der Waals surface area (Å²) in [5, 5.41) is 0. The van der Waals surface area contributed by atoms with Crippen LogP contribution in [0.1, 0.15) is 46.5 Å². The first-order valence-corrected chi connectivity index (χ1v) is 9.51. The Kier molecular flexibility index (Phi) is 5.58. The molecule has 1 aromatic carbocycles. The molecule has 2 aliphatic rings. The smallest absolute Gasteiger partial charge is 0.410 e. The van der Waals surface area contributed by atoms with Crippen molar-refractivity contribution >= 4 is 11.8 Å². The summed E-state index contributed by atoms with van der Waals surface area (Å²) in [6, 6.07) is 5.03. The minimum absolute atomic E-state index is 0.0168. The maximum Gasteiger partial charge on any atom is 0.410 e. The van der Waals surface area contributed by atoms with Crippen LogP contribution in [0.15, 0.2) is 18.2 Å². The highest BCUT2D eigenvalue weighted by Crippen LogP contribution is 2.35. The zero-order valence-corrected chi connectivity index (χ0v) is 16.0. The number of ether oxygens (including phenoxy) is 2. The second-order valence-corrected chi connectivity index (χ2v) is 8.07. The molecule has 5 nitrogen and oxygen atoms in total. The van der Waals surface area contributed by atoms with Crippen molar-refractivity contribution < 1.29 is 18.7 Å². The van der Waals surface area contributed by atoms with Crippen LogP contribution in [-0.2, 0) is 4.74 Å². The Morgan fingerprint density at radius 3 is 2.38 bits per heavy atom. The number of carbonyl (C=O) groups is 1. The third-order valence-electron chi connectivity index (χ3n) is 4.76. The molecule has 2 fully saturated rings. The fraction of sp³-hybridized carbons (Fsp3) is 0.650. The molecule has 0 atom stereocenters. The summed E-state index contributed by atoms with van der Waals surface area (Å²) >= 11 is 0. The minimum Gasteiger partial charge on any atom is -0.488 e. The van der Waals surface area contributed by atoms with E-state index in [1.807, 2.05) is 26.8 Å². The van der Waals surface area contributed by atoms with Gasteiger partial charge >= 0.3 is 6.09 Å². The molecule has 0 saturated carbocycles. The lowest BCUT2D eigenvalue weighted by Crippen LogP contribution is -2.44.